The molecule has 0 amide bonds. The molecule has 15 heavy (non-hydrogen) atoms. The van der Waals surface area contributed by atoms with Crippen molar-refractivity contribution in [3.05, 3.63) is 24.0 Å². The van der Waals surface area contributed by atoms with Crippen LogP contribution in [0.25, 0.3) is 0 Å². The molecule has 80 valence electrons. The second-order valence-corrected chi connectivity index (χ2v) is 3.97. The summed E-state index contributed by atoms with van der Waals surface area (Å²) in [5.41, 5.74) is -1.63. The van der Waals surface area contributed by atoms with Crippen LogP contribution < -0.4 is 0 Å². The van der Waals surface area contributed by atoms with Crippen molar-refractivity contribution < 1.29 is 19.8 Å². The van der Waals surface area contributed by atoms with E-state index in [1.54, 1.807) is 0 Å². The van der Waals surface area contributed by atoms with E-state index in [4.69, 9.17) is 0 Å². The second-order valence-electron chi connectivity index (χ2n) is 3.97. The summed E-state index contributed by atoms with van der Waals surface area (Å²) in [4.78, 5) is 23.1. The topological polar surface area (TPSA) is 74.6 Å². The Kier molecular flexibility index (Phi) is 2.04. The highest BCUT2D eigenvalue weighted by atomic mass is 16.3. The predicted molar refractivity (Wildman–Crippen MR) is 52.2 cm³/mol. The summed E-state index contributed by atoms with van der Waals surface area (Å²) in [6.45, 7) is 3.47. The molecule has 0 aromatic heterocycles. The summed E-state index contributed by atoms with van der Waals surface area (Å²) >= 11 is 0. The fourth-order valence-electron chi connectivity index (χ4n) is 2.46. The number of aliphatic hydroxyl groups excluding tert-OH is 1. The van der Waals surface area contributed by atoms with Gasteiger partial charge in [-0.3, -0.25) is 9.59 Å². The van der Waals surface area contributed by atoms with Crippen LogP contribution in [0.4, 0.5) is 0 Å². The van der Waals surface area contributed by atoms with Gasteiger partial charge in [-0.2, -0.15) is 0 Å². The third-order valence-electron chi connectivity index (χ3n) is 3.23. The second kappa shape index (κ2) is 3.03. The maximum absolute atomic E-state index is 11.6. The SMILES string of the molecule is C=CCC1=C(O)C(=O)C2CCC(=O)[C@]12O. The number of fused-ring (bicyclic) bond motifs is 1. The summed E-state index contributed by atoms with van der Waals surface area (Å²) in [7, 11) is 0. The van der Waals surface area contributed by atoms with E-state index < -0.39 is 23.1 Å². The number of hydrogen-bond donors (Lipinski definition) is 2. The third kappa shape index (κ3) is 1.05. The van der Waals surface area contributed by atoms with Crippen LogP contribution in [0.3, 0.4) is 0 Å². The summed E-state index contributed by atoms with van der Waals surface area (Å²) in [6.07, 6.45) is 2.14. The minimum atomic E-state index is -1.75. The van der Waals surface area contributed by atoms with Crippen molar-refractivity contribution in [1.82, 2.24) is 0 Å². The molecule has 0 spiro atoms. The summed E-state index contributed by atoms with van der Waals surface area (Å²) in [6, 6.07) is 0. The zero-order valence-corrected chi connectivity index (χ0v) is 8.19. The van der Waals surface area contributed by atoms with Crippen LogP contribution in [0.5, 0.6) is 0 Å². The van der Waals surface area contributed by atoms with Gasteiger partial charge in [0.2, 0.25) is 5.78 Å². The molecule has 1 unspecified atom stereocenters. The molecule has 2 aliphatic carbocycles. The quantitative estimate of drug-likeness (QED) is 0.654. The van der Waals surface area contributed by atoms with Crippen LogP contribution in [0.15, 0.2) is 24.0 Å². The fraction of sp³-hybridized carbons (Fsp3) is 0.455. The van der Waals surface area contributed by atoms with Gasteiger partial charge < -0.3 is 10.2 Å². The van der Waals surface area contributed by atoms with Crippen molar-refractivity contribution >= 4 is 11.6 Å². The number of carbonyl (C=O) groups is 2. The van der Waals surface area contributed by atoms with E-state index in [2.05, 4.69) is 6.58 Å². The number of carbonyl (C=O) groups excluding carboxylic acids is 2. The first-order chi connectivity index (χ1) is 7.03. The van der Waals surface area contributed by atoms with Crippen LogP contribution in [-0.4, -0.2) is 27.4 Å². The molecule has 0 bridgehead atoms. The summed E-state index contributed by atoms with van der Waals surface area (Å²) in [5.74, 6) is -2.11. The minimum Gasteiger partial charge on any atom is -0.504 e. The van der Waals surface area contributed by atoms with Gasteiger partial charge in [0.1, 0.15) is 0 Å². The zero-order valence-electron chi connectivity index (χ0n) is 8.19. The maximum atomic E-state index is 11.6. The highest BCUT2D eigenvalue weighted by Crippen LogP contribution is 2.47. The molecule has 1 saturated carbocycles. The van der Waals surface area contributed by atoms with Crippen LogP contribution in [0.2, 0.25) is 0 Å². The Bertz CT molecular complexity index is 393. The summed E-state index contributed by atoms with van der Waals surface area (Å²) < 4.78 is 0. The molecule has 2 N–H and O–H groups in total. The van der Waals surface area contributed by atoms with Crippen molar-refractivity contribution in [2.45, 2.75) is 24.9 Å². The largest absolute Gasteiger partial charge is 0.504 e. The first kappa shape index (κ1) is 10.1. The smallest absolute Gasteiger partial charge is 0.203 e. The van der Waals surface area contributed by atoms with Crippen LogP contribution in [0.1, 0.15) is 19.3 Å². The predicted octanol–water partition coefficient (Wildman–Crippen LogP) is 0.667. The average Bonchev–Trinajstić information content (AvgIpc) is 2.59. The van der Waals surface area contributed by atoms with E-state index in [0.717, 1.165) is 0 Å². The monoisotopic (exact) mass is 208 g/mol. The molecule has 0 radical (unpaired) electrons. The normalized spacial score (nSPS) is 34.9. The third-order valence-corrected chi connectivity index (χ3v) is 3.23. The van der Waals surface area contributed by atoms with Crippen molar-refractivity contribution in [2.75, 3.05) is 0 Å². The van der Waals surface area contributed by atoms with E-state index >= 15 is 0 Å². The van der Waals surface area contributed by atoms with Crippen LogP contribution in [-0.2, 0) is 9.59 Å². The Labute approximate surface area is 86.9 Å². The van der Waals surface area contributed by atoms with E-state index in [1.165, 1.54) is 6.08 Å². The molecule has 2 rings (SSSR count). The lowest BCUT2D eigenvalue weighted by molar-refractivity contribution is -0.136. The first-order valence-electron chi connectivity index (χ1n) is 4.86. The fourth-order valence-corrected chi connectivity index (χ4v) is 2.46. The molecule has 4 heteroatoms. The van der Waals surface area contributed by atoms with Crippen molar-refractivity contribution in [3.8, 4) is 0 Å². The van der Waals surface area contributed by atoms with Gasteiger partial charge in [-0.25, -0.2) is 0 Å². The number of Topliss-reactive ketones (excluding diaryl/α,β-unsaturated/α-hetero) is 2. The van der Waals surface area contributed by atoms with Gasteiger partial charge in [-0.05, 0) is 12.8 Å². The highest BCUT2D eigenvalue weighted by Gasteiger charge is 2.60. The van der Waals surface area contributed by atoms with E-state index in [9.17, 15) is 19.8 Å². The van der Waals surface area contributed by atoms with Gasteiger partial charge in [0, 0.05) is 12.0 Å². The Morgan fingerprint density at radius 2 is 2.20 bits per heavy atom. The molecule has 2 atom stereocenters. The molecular weight excluding hydrogens is 196 g/mol. The molecular formula is C11H12O4. The van der Waals surface area contributed by atoms with E-state index in [-0.39, 0.29) is 24.2 Å². The lowest BCUT2D eigenvalue weighted by atomic mass is 9.86. The van der Waals surface area contributed by atoms with Gasteiger partial charge in [0.25, 0.3) is 0 Å². The van der Waals surface area contributed by atoms with Crippen molar-refractivity contribution in [1.29, 1.82) is 0 Å². The number of hydrogen-bond acceptors (Lipinski definition) is 4. The average molecular weight is 208 g/mol. The molecule has 0 aromatic carbocycles. The first-order valence-corrected chi connectivity index (χ1v) is 4.86. The maximum Gasteiger partial charge on any atom is 0.203 e. The van der Waals surface area contributed by atoms with E-state index in [1.807, 2.05) is 0 Å². The number of ketones is 2. The Hall–Kier alpha value is -1.42. The lowest BCUT2D eigenvalue weighted by Gasteiger charge is -2.22. The standard InChI is InChI=1S/C11H12O4/c1-2-3-6-9(13)10(14)7-4-5-8(12)11(6,7)15/h2,7,13,15H,1,3-5H2/t7?,11-/m0/s1. The van der Waals surface area contributed by atoms with Gasteiger partial charge in [0.15, 0.2) is 17.1 Å². The Balaban J connectivity index is 2.53. The van der Waals surface area contributed by atoms with Gasteiger partial charge in [0.05, 0.1) is 5.92 Å². The molecule has 0 heterocycles. The molecule has 0 aliphatic heterocycles. The van der Waals surface area contributed by atoms with Gasteiger partial charge >= 0.3 is 0 Å². The van der Waals surface area contributed by atoms with Crippen molar-refractivity contribution in [2.24, 2.45) is 5.92 Å². The number of rotatable bonds is 2. The number of aliphatic hydroxyl groups is 2. The van der Waals surface area contributed by atoms with E-state index in [0.29, 0.717) is 6.42 Å². The van der Waals surface area contributed by atoms with Gasteiger partial charge in [-0.15, -0.1) is 6.58 Å². The Morgan fingerprint density at radius 3 is 2.80 bits per heavy atom. The van der Waals surface area contributed by atoms with Gasteiger partial charge in [-0.1, -0.05) is 6.08 Å². The minimum absolute atomic E-state index is 0.120. The molecule has 0 aromatic rings. The Morgan fingerprint density at radius 1 is 1.53 bits per heavy atom. The highest BCUT2D eigenvalue weighted by molar-refractivity contribution is 6.10. The lowest BCUT2D eigenvalue weighted by Crippen LogP contribution is -2.40. The number of allylic oxidation sites excluding steroid dienone is 2. The molecule has 0 saturated heterocycles. The van der Waals surface area contributed by atoms with Crippen LogP contribution >= 0.6 is 0 Å². The summed E-state index contributed by atoms with van der Waals surface area (Å²) in [5, 5.41) is 19.7. The zero-order chi connectivity index (χ0) is 11.2. The van der Waals surface area contributed by atoms with Crippen molar-refractivity contribution in [3.63, 3.8) is 0 Å². The van der Waals surface area contributed by atoms with Crippen LogP contribution in [0, 0.1) is 5.92 Å². The molecule has 1 fully saturated rings. The molecule has 2 aliphatic rings. The molecule has 4 nitrogen and oxygen atoms in total.